The number of nitrogens with zero attached hydrogens (tertiary/aromatic N) is 2. The van der Waals surface area contributed by atoms with Gasteiger partial charge in [-0.3, -0.25) is 4.79 Å². The van der Waals surface area contributed by atoms with Gasteiger partial charge in [-0.15, -0.1) is 0 Å². The summed E-state index contributed by atoms with van der Waals surface area (Å²) < 4.78 is 31.6. The third-order valence-electron chi connectivity index (χ3n) is 4.44. The zero-order valence-electron chi connectivity index (χ0n) is 16.3. The molecule has 0 aliphatic carbocycles. The van der Waals surface area contributed by atoms with Crippen LogP contribution in [0.3, 0.4) is 0 Å². The number of rotatable bonds is 6. The minimum absolute atomic E-state index is 0.0435. The van der Waals surface area contributed by atoms with Crippen LogP contribution in [0.15, 0.2) is 71.3 Å². The lowest BCUT2D eigenvalue weighted by Gasteiger charge is -2.12. The van der Waals surface area contributed by atoms with E-state index in [1.807, 2.05) is 30.3 Å². The highest BCUT2D eigenvalue weighted by atomic mass is 19.1. The van der Waals surface area contributed by atoms with Gasteiger partial charge in [-0.1, -0.05) is 18.2 Å². The fourth-order valence-corrected chi connectivity index (χ4v) is 2.99. The van der Waals surface area contributed by atoms with Crippen molar-refractivity contribution in [3.63, 3.8) is 0 Å². The lowest BCUT2D eigenvalue weighted by molar-refractivity contribution is 0.101. The summed E-state index contributed by atoms with van der Waals surface area (Å²) in [5.74, 6) is -0.172. The first-order valence-corrected chi connectivity index (χ1v) is 9.03. The number of halogens is 1. The summed E-state index contributed by atoms with van der Waals surface area (Å²) in [6, 6.07) is 16.7. The molecular formula is C22H18FN3O4. The number of benzene rings is 2. The average molecular weight is 407 g/mol. The van der Waals surface area contributed by atoms with E-state index in [0.29, 0.717) is 22.9 Å². The fraction of sp³-hybridized carbons (Fsp3) is 0.0909. The van der Waals surface area contributed by atoms with Crippen LogP contribution in [0.5, 0.6) is 11.5 Å². The summed E-state index contributed by atoms with van der Waals surface area (Å²) >= 11 is 0. The number of nitrogens with one attached hydrogen (secondary N) is 1. The van der Waals surface area contributed by atoms with E-state index in [2.05, 4.69) is 10.4 Å². The fourth-order valence-electron chi connectivity index (χ4n) is 2.99. The molecule has 7 nitrogen and oxygen atoms in total. The number of carbonyl (C=O) groups is 1. The number of hydrogen-bond donors (Lipinski definition) is 1. The Labute approximate surface area is 171 Å². The lowest BCUT2D eigenvalue weighted by Crippen LogP contribution is -2.17. The average Bonchev–Trinajstić information content (AvgIpc) is 3.45. The molecule has 4 aromatic rings. The van der Waals surface area contributed by atoms with E-state index in [1.165, 1.54) is 31.2 Å². The van der Waals surface area contributed by atoms with Crippen LogP contribution >= 0.6 is 0 Å². The molecule has 2 heterocycles. The molecule has 1 amide bonds. The Balaban J connectivity index is 1.74. The van der Waals surface area contributed by atoms with Crippen molar-refractivity contribution in [2.45, 2.75) is 0 Å². The van der Waals surface area contributed by atoms with E-state index in [0.717, 1.165) is 6.07 Å². The molecule has 0 bridgehead atoms. The third kappa shape index (κ3) is 3.62. The van der Waals surface area contributed by atoms with Crippen molar-refractivity contribution in [3.8, 4) is 28.6 Å². The third-order valence-corrected chi connectivity index (χ3v) is 4.44. The van der Waals surface area contributed by atoms with Gasteiger partial charge in [0.15, 0.2) is 23.1 Å². The second kappa shape index (κ2) is 8.12. The van der Waals surface area contributed by atoms with E-state index in [1.54, 1.807) is 18.2 Å². The number of para-hydroxylation sites is 1. The molecule has 0 fully saturated rings. The van der Waals surface area contributed by atoms with Crippen LogP contribution in [-0.4, -0.2) is 29.9 Å². The van der Waals surface area contributed by atoms with Crippen molar-refractivity contribution in [2.75, 3.05) is 19.5 Å². The minimum atomic E-state index is -0.655. The zero-order chi connectivity index (χ0) is 21.1. The Morgan fingerprint density at radius 3 is 2.43 bits per heavy atom. The summed E-state index contributed by atoms with van der Waals surface area (Å²) in [5.41, 5.74) is 1.31. The Kier molecular flexibility index (Phi) is 5.21. The molecule has 0 aliphatic rings. The van der Waals surface area contributed by atoms with Crippen LogP contribution in [-0.2, 0) is 0 Å². The summed E-state index contributed by atoms with van der Waals surface area (Å²) in [6.45, 7) is 0. The summed E-state index contributed by atoms with van der Waals surface area (Å²) in [5, 5.41) is 7.07. The maximum Gasteiger partial charge on any atom is 0.274 e. The summed E-state index contributed by atoms with van der Waals surface area (Å²) in [7, 11) is 2.84. The van der Waals surface area contributed by atoms with E-state index in [4.69, 9.17) is 13.9 Å². The molecule has 0 aliphatic heterocycles. The molecule has 2 aromatic heterocycles. The van der Waals surface area contributed by atoms with Crippen molar-refractivity contribution in [2.24, 2.45) is 0 Å². The SMILES string of the molecule is COc1cc(F)c(NC(=O)c2cc(-c3ccco3)nn2-c2ccccc2)cc1OC. The molecule has 152 valence electrons. The van der Waals surface area contributed by atoms with Gasteiger partial charge in [-0.25, -0.2) is 9.07 Å². The predicted octanol–water partition coefficient (Wildman–Crippen LogP) is 4.54. The molecule has 0 atom stereocenters. The largest absolute Gasteiger partial charge is 0.493 e. The Hall–Kier alpha value is -4.07. The molecule has 4 rings (SSSR count). The Bertz CT molecular complexity index is 1170. The van der Waals surface area contributed by atoms with Crippen LogP contribution in [0.1, 0.15) is 10.5 Å². The summed E-state index contributed by atoms with van der Waals surface area (Å²) in [4.78, 5) is 13.1. The number of amides is 1. The highest BCUT2D eigenvalue weighted by molar-refractivity contribution is 6.04. The second-order valence-electron chi connectivity index (χ2n) is 6.28. The molecule has 30 heavy (non-hydrogen) atoms. The van der Waals surface area contributed by atoms with E-state index in [9.17, 15) is 9.18 Å². The molecule has 0 spiro atoms. The highest BCUT2D eigenvalue weighted by Crippen LogP contribution is 2.33. The first kappa shape index (κ1) is 19.3. The van der Waals surface area contributed by atoms with Gasteiger partial charge in [-0.05, 0) is 24.3 Å². The van der Waals surface area contributed by atoms with Gasteiger partial charge in [0, 0.05) is 18.2 Å². The first-order chi connectivity index (χ1) is 14.6. The van der Waals surface area contributed by atoms with Crippen molar-refractivity contribution in [1.29, 1.82) is 0 Å². The first-order valence-electron chi connectivity index (χ1n) is 9.03. The zero-order valence-corrected chi connectivity index (χ0v) is 16.3. The van der Waals surface area contributed by atoms with E-state index in [-0.39, 0.29) is 17.1 Å². The van der Waals surface area contributed by atoms with Crippen molar-refractivity contribution in [3.05, 3.63) is 78.4 Å². The van der Waals surface area contributed by atoms with Gasteiger partial charge < -0.3 is 19.2 Å². The van der Waals surface area contributed by atoms with Crippen LogP contribution in [0.25, 0.3) is 17.1 Å². The maximum absolute atomic E-state index is 14.5. The topological polar surface area (TPSA) is 78.5 Å². The Morgan fingerprint density at radius 1 is 1.03 bits per heavy atom. The van der Waals surface area contributed by atoms with Crippen molar-refractivity contribution in [1.82, 2.24) is 9.78 Å². The number of carbonyl (C=O) groups excluding carboxylic acids is 1. The molecule has 0 saturated heterocycles. The van der Waals surface area contributed by atoms with Crippen LogP contribution in [0.2, 0.25) is 0 Å². The molecule has 0 saturated carbocycles. The van der Waals surface area contributed by atoms with Gasteiger partial charge in [0.05, 0.1) is 31.9 Å². The summed E-state index contributed by atoms with van der Waals surface area (Å²) in [6.07, 6.45) is 1.52. The number of hydrogen-bond acceptors (Lipinski definition) is 5. The van der Waals surface area contributed by atoms with Crippen molar-refractivity contribution < 1.29 is 23.1 Å². The van der Waals surface area contributed by atoms with Gasteiger partial charge in [0.2, 0.25) is 0 Å². The van der Waals surface area contributed by atoms with E-state index >= 15 is 0 Å². The van der Waals surface area contributed by atoms with Crippen LogP contribution in [0, 0.1) is 5.82 Å². The Morgan fingerprint density at radius 2 is 1.77 bits per heavy atom. The van der Waals surface area contributed by atoms with Gasteiger partial charge in [0.1, 0.15) is 11.4 Å². The predicted molar refractivity (Wildman–Crippen MR) is 109 cm³/mol. The van der Waals surface area contributed by atoms with Gasteiger partial charge in [0.25, 0.3) is 5.91 Å². The molecular weight excluding hydrogens is 389 g/mol. The molecule has 8 heteroatoms. The number of anilines is 1. The van der Waals surface area contributed by atoms with Crippen LogP contribution < -0.4 is 14.8 Å². The van der Waals surface area contributed by atoms with Gasteiger partial charge in [-0.2, -0.15) is 5.10 Å². The lowest BCUT2D eigenvalue weighted by atomic mass is 10.2. The standard InChI is InChI=1S/C22H18FN3O4/c1-28-20-11-15(23)16(13-21(20)29-2)24-22(27)18-12-17(19-9-6-10-30-19)25-26(18)14-7-4-3-5-8-14/h3-13H,1-2H3,(H,24,27). The quantitative estimate of drug-likeness (QED) is 0.508. The molecule has 2 aromatic carbocycles. The number of aromatic nitrogens is 2. The number of ether oxygens (including phenoxy) is 2. The van der Waals surface area contributed by atoms with Crippen molar-refractivity contribution >= 4 is 11.6 Å². The maximum atomic E-state index is 14.5. The number of methoxy groups -OCH3 is 2. The molecule has 0 radical (unpaired) electrons. The smallest absolute Gasteiger partial charge is 0.274 e. The monoisotopic (exact) mass is 407 g/mol. The highest BCUT2D eigenvalue weighted by Gasteiger charge is 2.21. The second-order valence-corrected chi connectivity index (χ2v) is 6.28. The normalized spacial score (nSPS) is 10.6. The molecule has 1 N–H and O–H groups in total. The number of furan rings is 1. The molecule has 0 unspecified atom stereocenters. The van der Waals surface area contributed by atoms with E-state index < -0.39 is 11.7 Å². The van der Waals surface area contributed by atoms with Crippen LogP contribution in [0.4, 0.5) is 10.1 Å². The van der Waals surface area contributed by atoms with Gasteiger partial charge >= 0.3 is 0 Å². The minimum Gasteiger partial charge on any atom is -0.493 e.